The second-order valence-electron chi connectivity index (χ2n) is 8.66. The Hall–Kier alpha value is -1.92. The topological polar surface area (TPSA) is 14.2 Å². The second-order valence-corrected chi connectivity index (χ2v) is 8.66. The van der Waals surface area contributed by atoms with Gasteiger partial charge in [0.2, 0.25) is 0 Å². The van der Waals surface area contributed by atoms with Crippen molar-refractivity contribution in [1.29, 1.82) is 0 Å². The Morgan fingerprint density at radius 2 is 0.812 bits per heavy atom. The van der Waals surface area contributed by atoms with Crippen molar-refractivity contribution in [3.63, 3.8) is 0 Å². The zero-order valence-corrected chi connectivity index (χ0v) is 21.7. The molecule has 0 radical (unpaired) electrons. The number of aromatic nitrogens is 2. The van der Waals surface area contributed by atoms with E-state index in [1.807, 2.05) is 0 Å². The molecule has 0 amide bonds. The van der Waals surface area contributed by atoms with E-state index in [0.717, 1.165) is 13.1 Å². The molecular weight excluding hydrogens is 528 g/mol. The van der Waals surface area contributed by atoms with E-state index in [1.54, 1.807) is 0 Å². The van der Waals surface area contributed by atoms with Gasteiger partial charge in [-0.25, -0.2) is 9.13 Å². The van der Waals surface area contributed by atoms with Crippen LogP contribution in [0.4, 0.5) is 11.4 Å². The van der Waals surface area contributed by atoms with Crippen molar-refractivity contribution in [3.05, 3.63) is 84.4 Å². The van der Waals surface area contributed by atoms with E-state index in [4.69, 9.17) is 0 Å². The molecule has 0 spiro atoms. The maximum absolute atomic E-state index is 2.48. The Labute approximate surface area is 213 Å². The highest BCUT2D eigenvalue weighted by Gasteiger charge is 2.15. The Morgan fingerprint density at radius 1 is 0.500 bits per heavy atom. The summed E-state index contributed by atoms with van der Waals surface area (Å²) in [4.78, 5) is 4.96. The molecule has 32 heavy (non-hydrogen) atoms. The van der Waals surface area contributed by atoms with Gasteiger partial charge in [-0.05, 0) is 25.7 Å². The molecule has 6 heteroatoms. The van der Waals surface area contributed by atoms with E-state index < -0.39 is 0 Å². The Balaban J connectivity index is 0.00000144. The fourth-order valence-corrected chi connectivity index (χ4v) is 4.65. The first-order chi connectivity index (χ1) is 14.8. The van der Waals surface area contributed by atoms with Gasteiger partial charge in [0, 0.05) is 72.9 Å². The molecule has 0 unspecified atom stereocenters. The molecule has 0 N–H and O–H groups in total. The van der Waals surface area contributed by atoms with Crippen molar-refractivity contribution in [1.82, 2.24) is 0 Å². The normalized spacial score (nSPS) is 15.4. The summed E-state index contributed by atoms with van der Waals surface area (Å²) in [6, 6.07) is 18.0. The van der Waals surface area contributed by atoms with Crippen molar-refractivity contribution in [2.75, 3.05) is 36.0 Å². The van der Waals surface area contributed by atoms with Crippen molar-refractivity contribution in [2.45, 2.75) is 38.8 Å². The molecule has 2 saturated heterocycles. The predicted molar refractivity (Wildman–Crippen MR) is 121 cm³/mol. The van der Waals surface area contributed by atoms with Gasteiger partial charge in [-0.2, -0.15) is 0 Å². The number of nitrogens with zero attached hydrogens (tertiary/aromatic N) is 4. The molecule has 2 aromatic heterocycles. The van der Waals surface area contributed by atoms with Crippen LogP contribution in [-0.4, -0.2) is 26.2 Å². The number of anilines is 2. The van der Waals surface area contributed by atoms with Crippen LogP contribution in [0.3, 0.4) is 0 Å². The summed E-state index contributed by atoms with van der Waals surface area (Å²) in [6.45, 7) is 6.63. The zero-order chi connectivity index (χ0) is 20.2. The smallest absolute Gasteiger partial charge is 0.173 e. The van der Waals surface area contributed by atoms with Crippen LogP contribution in [-0.2, 0) is 13.1 Å². The van der Waals surface area contributed by atoms with Gasteiger partial charge in [0.15, 0.2) is 37.9 Å². The number of pyridine rings is 2. The van der Waals surface area contributed by atoms with E-state index in [2.05, 4.69) is 92.3 Å². The minimum atomic E-state index is 0. The molecular formula is C26H32Br2N4. The van der Waals surface area contributed by atoms with E-state index >= 15 is 0 Å². The van der Waals surface area contributed by atoms with Crippen molar-refractivity contribution in [2.24, 2.45) is 0 Å². The number of halogens is 2. The van der Waals surface area contributed by atoms with Crippen LogP contribution < -0.4 is 52.9 Å². The summed E-state index contributed by atoms with van der Waals surface area (Å²) in [5, 5.41) is 0. The average Bonchev–Trinajstić information content (AvgIpc) is 3.51. The van der Waals surface area contributed by atoms with Crippen LogP contribution in [0.15, 0.2) is 73.3 Å². The molecule has 0 saturated carbocycles. The Bertz CT molecular complexity index is 866. The molecule has 3 aromatic rings. The number of hydrogen-bond donors (Lipinski definition) is 0. The van der Waals surface area contributed by atoms with Gasteiger partial charge in [-0.3, -0.25) is 0 Å². The largest absolute Gasteiger partial charge is 1.00 e. The second kappa shape index (κ2) is 11.8. The minimum absolute atomic E-state index is 0. The SMILES string of the molecule is [Br-].[Br-].c1cc(C[n+]2ccc(N3CCCC3)cc2)ccc1C[n+]1ccc(N2CCCC2)cc1. The predicted octanol–water partition coefficient (Wildman–Crippen LogP) is -2.43. The molecule has 170 valence electrons. The van der Waals surface area contributed by atoms with Gasteiger partial charge in [-0.1, -0.05) is 24.3 Å². The van der Waals surface area contributed by atoms with Gasteiger partial charge in [0.1, 0.15) is 0 Å². The van der Waals surface area contributed by atoms with E-state index in [-0.39, 0.29) is 34.0 Å². The Kier molecular flexibility index (Phi) is 9.11. The van der Waals surface area contributed by atoms with Crippen LogP contribution in [0.2, 0.25) is 0 Å². The lowest BCUT2D eigenvalue weighted by molar-refractivity contribution is -0.688. The van der Waals surface area contributed by atoms with Crippen LogP contribution >= 0.6 is 0 Å². The molecule has 2 fully saturated rings. The summed E-state index contributed by atoms with van der Waals surface area (Å²) in [5.74, 6) is 0. The number of rotatable bonds is 6. The molecule has 0 bridgehead atoms. The quantitative estimate of drug-likeness (QED) is 0.312. The molecule has 4 heterocycles. The summed E-state index contributed by atoms with van der Waals surface area (Å²) in [5.41, 5.74) is 5.39. The van der Waals surface area contributed by atoms with E-state index in [9.17, 15) is 0 Å². The third kappa shape index (κ3) is 6.10. The fraction of sp³-hybridized carbons (Fsp3) is 0.385. The van der Waals surface area contributed by atoms with Crippen LogP contribution in [0.25, 0.3) is 0 Å². The van der Waals surface area contributed by atoms with Gasteiger partial charge >= 0.3 is 0 Å². The Morgan fingerprint density at radius 3 is 1.12 bits per heavy atom. The maximum Gasteiger partial charge on any atom is 0.173 e. The van der Waals surface area contributed by atoms with E-state index in [0.29, 0.717) is 0 Å². The fourth-order valence-electron chi connectivity index (χ4n) is 4.65. The number of hydrogen-bond acceptors (Lipinski definition) is 2. The lowest BCUT2D eigenvalue weighted by Crippen LogP contribution is -3.00. The van der Waals surface area contributed by atoms with Gasteiger partial charge in [0.25, 0.3) is 0 Å². The summed E-state index contributed by atoms with van der Waals surface area (Å²) in [6.07, 6.45) is 14.1. The zero-order valence-electron chi connectivity index (χ0n) is 18.5. The third-order valence-electron chi connectivity index (χ3n) is 6.44. The molecule has 5 rings (SSSR count). The van der Waals surface area contributed by atoms with Crippen LogP contribution in [0.1, 0.15) is 36.8 Å². The van der Waals surface area contributed by atoms with Gasteiger partial charge in [-0.15, -0.1) is 0 Å². The summed E-state index contributed by atoms with van der Waals surface area (Å²) < 4.78 is 4.53. The van der Waals surface area contributed by atoms with E-state index in [1.165, 1.54) is 74.4 Å². The lowest BCUT2D eigenvalue weighted by Gasteiger charge is -2.16. The lowest BCUT2D eigenvalue weighted by atomic mass is 10.1. The van der Waals surface area contributed by atoms with Crippen molar-refractivity contribution >= 4 is 11.4 Å². The van der Waals surface area contributed by atoms with Crippen LogP contribution in [0, 0.1) is 0 Å². The third-order valence-corrected chi connectivity index (χ3v) is 6.44. The van der Waals surface area contributed by atoms with Gasteiger partial charge in [0.05, 0.1) is 0 Å². The van der Waals surface area contributed by atoms with Crippen LogP contribution in [0.5, 0.6) is 0 Å². The van der Waals surface area contributed by atoms with Crippen molar-refractivity contribution < 1.29 is 43.1 Å². The highest BCUT2D eigenvalue weighted by atomic mass is 79.9. The molecule has 4 nitrogen and oxygen atoms in total. The monoisotopic (exact) mass is 558 g/mol. The highest BCUT2D eigenvalue weighted by molar-refractivity contribution is 5.45. The minimum Gasteiger partial charge on any atom is -1.00 e. The number of benzene rings is 1. The van der Waals surface area contributed by atoms with Gasteiger partial charge < -0.3 is 43.8 Å². The standard InChI is InChI=1S/C26H32N4.2BrH/c1-2-14-29(13-1)25-9-17-27(18-10-25)21-23-5-7-24(8-6-23)22-28-19-11-26(12-20-28)30-15-3-4-16-30;;/h5-12,17-20H,1-4,13-16,21-22H2;2*1H/q+2;;/p-2. The molecule has 2 aliphatic rings. The summed E-state index contributed by atoms with van der Waals surface area (Å²) >= 11 is 0. The molecule has 0 atom stereocenters. The first-order valence-corrected chi connectivity index (χ1v) is 11.4. The van der Waals surface area contributed by atoms with Crippen molar-refractivity contribution in [3.8, 4) is 0 Å². The molecule has 2 aliphatic heterocycles. The molecule has 1 aromatic carbocycles. The highest BCUT2D eigenvalue weighted by Crippen LogP contribution is 2.19. The average molecular weight is 560 g/mol. The maximum atomic E-state index is 2.48. The summed E-state index contributed by atoms with van der Waals surface area (Å²) in [7, 11) is 0. The molecule has 0 aliphatic carbocycles. The first-order valence-electron chi connectivity index (χ1n) is 11.4. The first kappa shape index (κ1) is 24.7.